The van der Waals surface area contributed by atoms with Crippen molar-refractivity contribution in [2.45, 2.75) is 13.1 Å². The van der Waals surface area contributed by atoms with E-state index in [1.807, 2.05) is 4.68 Å². The van der Waals surface area contributed by atoms with Crippen molar-refractivity contribution in [3.63, 3.8) is 0 Å². The van der Waals surface area contributed by atoms with Crippen molar-refractivity contribution in [1.29, 1.82) is 0 Å². The molecule has 0 saturated heterocycles. The Labute approximate surface area is 242 Å². The molecule has 0 unspecified atom stereocenters. The number of imidazole rings is 1. The number of benzene rings is 1. The minimum atomic E-state index is -0.767. The van der Waals surface area contributed by atoms with Crippen molar-refractivity contribution in [1.82, 2.24) is 39.2 Å². The lowest BCUT2D eigenvalue weighted by Crippen LogP contribution is -2.38. The van der Waals surface area contributed by atoms with Gasteiger partial charge in [-0.1, -0.05) is 0 Å². The molecular weight excluding hydrogens is 556 g/mol. The summed E-state index contributed by atoms with van der Waals surface area (Å²) in [5.41, 5.74) is 4.30. The van der Waals surface area contributed by atoms with Gasteiger partial charge in [0.2, 0.25) is 5.95 Å². The van der Waals surface area contributed by atoms with Crippen LogP contribution in [0.3, 0.4) is 0 Å². The molecule has 1 aromatic carbocycles. The van der Waals surface area contributed by atoms with Crippen molar-refractivity contribution in [3.8, 4) is 22.5 Å². The Morgan fingerprint density at radius 2 is 1.77 bits per heavy atom. The summed E-state index contributed by atoms with van der Waals surface area (Å²) in [6.07, 6.45) is 5.90. The SMILES string of the molecule is O=C(Nc1cn2nc(-c3c(-c4ccc(F)cc4)nn4c3CN(C(=O)c3cccnc3)CC4)ccc2n1)c1ccnc(F)c1. The third-order valence-corrected chi connectivity index (χ3v) is 7.10. The number of anilines is 1. The van der Waals surface area contributed by atoms with Gasteiger partial charge in [0.15, 0.2) is 11.5 Å². The van der Waals surface area contributed by atoms with Crippen LogP contribution in [-0.4, -0.2) is 57.6 Å². The van der Waals surface area contributed by atoms with E-state index in [1.165, 1.54) is 35.1 Å². The van der Waals surface area contributed by atoms with Gasteiger partial charge in [-0.15, -0.1) is 0 Å². The number of carbonyl (C=O) groups is 2. The lowest BCUT2D eigenvalue weighted by Gasteiger charge is -2.28. The predicted octanol–water partition coefficient (Wildman–Crippen LogP) is 4.24. The Morgan fingerprint density at radius 1 is 0.907 bits per heavy atom. The third kappa shape index (κ3) is 4.96. The van der Waals surface area contributed by atoms with E-state index in [0.29, 0.717) is 46.8 Å². The van der Waals surface area contributed by atoms with Gasteiger partial charge in [0.25, 0.3) is 11.8 Å². The normalized spacial score (nSPS) is 12.7. The van der Waals surface area contributed by atoms with Crippen LogP contribution >= 0.6 is 0 Å². The first kappa shape index (κ1) is 26.1. The fourth-order valence-electron chi connectivity index (χ4n) is 5.05. The maximum atomic E-state index is 13.8. The zero-order valence-corrected chi connectivity index (χ0v) is 22.4. The van der Waals surface area contributed by atoms with E-state index < -0.39 is 11.9 Å². The van der Waals surface area contributed by atoms with Gasteiger partial charge in [-0.3, -0.25) is 19.3 Å². The summed E-state index contributed by atoms with van der Waals surface area (Å²) in [4.78, 5) is 39.6. The molecule has 6 heterocycles. The minimum Gasteiger partial charge on any atom is -0.331 e. The summed E-state index contributed by atoms with van der Waals surface area (Å²) < 4.78 is 30.7. The highest BCUT2D eigenvalue weighted by atomic mass is 19.1. The molecule has 0 atom stereocenters. The summed E-state index contributed by atoms with van der Waals surface area (Å²) in [5.74, 6) is -1.62. The van der Waals surface area contributed by atoms with Crippen LogP contribution in [0.4, 0.5) is 14.6 Å². The molecule has 6 aromatic rings. The molecule has 0 aliphatic carbocycles. The second kappa shape index (κ2) is 10.5. The van der Waals surface area contributed by atoms with Crippen molar-refractivity contribution in [2.24, 2.45) is 0 Å². The maximum absolute atomic E-state index is 13.8. The lowest BCUT2D eigenvalue weighted by molar-refractivity contribution is 0.0706. The highest BCUT2D eigenvalue weighted by molar-refractivity contribution is 6.03. The smallest absolute Gasteiger partial charge is 0.257 e. The average molecular weight is 578 g/mol. The number of fused-ring (bicyclic) bond motifs is 2. The van der Waals surface area contributed by atoms with Crippen molar-refractivity contribution in [2.75, 3.05) is 11.9 Å². The summed E-state index contributed by atoms with van der Waals surface area (Å²) in [6, 6.07) is 15.4. The van der Waals surface area contributed by atoms with Crippen molar-refractivity contribution in [3.05, 3.63) is 114 Å². The second-order valence-corrected chi connectivity index (χ2v) is 9.84. The molecule has 13 heteroatoms. The Kier molecular flexibility index (Phi) is 6.38. The van der Waals surface area contributed by atoms with E-state index >= 15 is 0 Å². The number of amides is 2. The van der Waals surface area contributed by atoms with E-state index in [9.17, 15) is 18.4 Å². The number of nitrogens with one attached hydrogen (secondary N) is 1. The number of pyridine rings is 2. The highest BCUT2D eigenvalue weighted by Crippen LogP contribution is 2.36. The molecule has 212 valence electrons. The lowest BCUT2D eigenvalue weighted by atomic mass is 10.0. The van der Waals surface area contributed by atoms with Crippen LogP contribution in [0.5, 0.6) is 0 Å². The molecule has 1 N–H and O–H groups in total. The summed E-state index contributed by atoms with van der Waals surface area (Å²) in [6.45, 7) is 1.17. The Balaban J connectivity index is 1.27. The van der Waals surface area contributed by atoms with E-state index in [0.717, 1.165) is 11.8 Å². The quantitative estimate of drug-likeness (QED) is 0.304. The third-order valence-electron chi connectivity index (χ3n) is 7.10. The Morgan fingerprint density at radius 3 is 2.56 bits per heavy atom. The van der Waals surface area contributed by atoms with Gasteiger partial charge in [-0.2, -0.15) is 14.6 Å². The first-order valence-electron chi connectivity index (χ1n) is 13.3. The van der Waals surface area contributed by atoms with Crippen molar-refractivity contribution < 1.29 is 18.4 Å². The average Bonchev–Trinajstić information content (AvgIpc) is 3.61. The van der Waals surface area contributed by atoms with Crippen LogP contribution in [0.1, 0.15) is 26.4 Å². The number of hydrogen-bond donors (Lipinski definition) is 1. The zero-order chi connectivity index (χ0) is 29.5. The van der Waals surface area contributed by atoms with Gasteiger partial charge in [0, 0.05) is 42.3 Å². The first-order valence-corrected chi connectivity index (χ1v) is 13.3. The van der Waals surface area contributed by atoms with E-state index in [4.69, 9.17) is 10.2 Å². The molecule has 0 radical (unpaired) electrons. The van der Waals surface area contributed by atoms with Gasteiger partial charge in [0.05, 0.1) is 41.8 Å². The van der Waals surface area contributed by atoms with Gasteiger partial charge < -0.3 is 10.2 Å². The van der Waals surface area contributed by atoms with E-state index in [-0.39, 0.29) is 29.7 Å². The number of rotatable bonds is 5. The van der Waals surface area contributed by atoms with E-state index in [2.05, 4.69) is 20.3 Å². The summed E-state index contributed by atoms with van der Waals surface area (Å²) in [7, 11) is 0. The van der Waals surface area contributed by atoms with Crippen LogP contribution in [0, 0.1) is 11.8 Å². The minimum absolute atomic E-state index is 0.0963. The van der Waals surface area contributed by atoms with Crippen LogP contribution < -0.4 is 5.32 Å². The second-order valence-electron chi connectivity index (χ2n) is 9.84. The number of nitrogens with zero attached hydrogens (tertiary/aromatic N) is 8. The molecule has 5 aromatic heterocycles. The Hall–Kier alpha value is -5.85. The molecule has 0 saturated carbocycles. The van der Waals surface area contributed by atoms with Gasteiger partial charge in [-0.25, -0.2) is 18.9 Å². The fourth-order valence-corrected chi connectivity index (χ4v) is 5.05. The zero-order valence-electron chi connectivity index (χ0n) is 22.4. The number of aromatic nitrogens is 7. The maximum Gasteiger partial charge on any atom is 0.257 e. The molecule has 1 aliphatic heterocycles. The molecule has 2 amide bonds. The van der Waals surface area contributed by atoms with Crippen LogP contribution in [-0.2, 0) is 13.1 Å². The topological polar surface area (TPSA) is 123 Å². The molecule has 11 nitrogen and oxygen atoms in total. The van der Waals surface area contributed by atoms with Gasteiger partial charge >= 0.3 is 0 Å². The van der Waals surface area contributed by atoms with E-state index in [1.54, 1.807) is 53.7 Å². The molecular formula is C30H21F2N9O2. The molecule has 7 rings (SSSR count). The number of carbonyl (C=O) groups excluding carboxylic acids is 2. The Bertz CT molecular complexity index is 2010. The van der Waals surface area contributed by atoms with Crippen molar-refractivity contribution >= 4 is 23.3 Å². The predicted molar refractivity (Wildman–Crippen MR) is 151 cm³/mol. The molecule has 0 bridgehead atoms. The molecule has 1 aliphatic rings. The molecule has 0 spiro atoms. The summed E-state index contributed by atoms with van der Waals surface area (Å²) in [5, 5.41) is 12.3. The highest BCUT2D eigenvalue weighted by Gasteiger charge is 2.29. The standard InChI is InChI=1S/C30H21F2N9O2/c31-21-5-3-18(4-6-21)28-27(23-16-39(12-13-40(23)38-28)30(43)20-2-1-10-33-15-20)22-7-8-26-35-25(17-41(26)37-22)36-29(42)19-9-11-34-24(32)14-19/h1-11,14-15,17H,12-13,16H2,(H,36,42). The number of hydrogen-bond acceptors (Lipinski definition) is 7. The van der Waals surface area contributed by atoms with Gasteiger partial charge in [0.1, 0.15) is 11.5 Å². The molecule has 0 fully saturated rings. The largest absolute Gasteiger partial charge is 0.331 e. The van der Waals surface area contributed by atoms with Gasteiger partial charge in [-0.05, 0) is 54.6 Å². The fraction of sp³-hybridized carbons (Fsp3) is 0.100. The van der Waals surface area contributed by atoms with Crippen LogP contribution in [0.2, 0.25) is 0 Å². The van der Waals surface area contributed by atoms with Crippen LogP contribution in [0.15, 0.2) is 85.5 Å². The number of halogens is 2. The monoisotopic (exact) mass is 577 g/mol. The van der Waals surface area contributed by atoms with Crippen LogP contribution in [0.25, 0.3) is 28.2 Å². The first-order chi connectivity index (χ1) is 20.9. The summed E-state index contributed by atoms with van der Waals surface area (Å²) >= 11 is 0. The molecule has 43 heavy (non-hydrogen) atoms.